The molecule has 136 valence electrons. The Morgan fingerprint density at radius 3 is 2.63 bits per heavy atom. The molecule has 0 bridgehead atoms. The Bertz CT molecular complexity index is 1210. The average Bonchev–Trinajstić information content (AvgIpc) is 3.16. The molecule has 0 aliphatic carbocycles. The molecule has 0 unspecified atom stereocenters. The Kier molecular flexibility index (Phi) is 3.99. The van der Waals surface area contributed by atoms with E-state index in [-0.39, 0.29) is 22.6 Å². The summed E-state index contributed by atoms with van der Waals surface area (Å²) in [7, 11) is 1.53. The van der Waals surface area contributed by atoms with Gasteiger partial charge in [-0.25, -0.2) is 4.39 Å². The Labute approximate surface area is 153 Å². The molecule has 0 radical (unpaired) electrons. The summed E-state index contributed by atoms with van der Waals surface area (Å²) in [5, 5.41) is 14.7. The first-order chi connectivity index (χ1) is 13.0. The van der Waals surface area contributed by atoms with Gasteiger partial charge in [0.15, 0.2) is 0 Å². The van der Waals surface area contributed by atoms with Crippen LogP contribution in [-0.4, -0.2) is 19.8 Å². The molecule has 4 rings (SSSR count). The van der Waals surface area contributed by atoms with Gasteiger partial charge in [-0.15, -0.1) is 0 Å². The molecule has 6 nitrogen and oxygen atoms in total. The first kappa shape index (κ1) is 17.0. The van der Waals surface area contributed by atoms with E-state index in [0.717, 1.165) is 18.1 Å². The minimum atomic E-state index is -0.523. The number of aromatic nitrogens is 3. The van der Waals surface area contributed by atoms with Crippen molar-refractivity contribution in [3.05, 3.63) is 64.2 Å². The third-order valence-corrected chi connectivity index (χ3v) is 4.59. The zero-order valence-corrected chi connectivity index (χ0v) is 14.7. The number of hydrogen-bond donors (Lipinski definition) is 1. The molecule has 0 saturated carbocycles. The van der Waals surface area contributed by atoms with Crippen molar-refractivity contribution < 1.29 is 14.0 Å². The fourth-order valence-corrected chi connectivity index (χ4v) is 3.03. The number of fused-ring (bicyclic) bond motifs is 1. The number of nitrogens with zero attached hydrogens (tertiary/aromatic N) is 3. The third-order valence-electron chi connectivity index (χ3n) is 4.59. The third kappa shape index (κ3) is 2.77. The summed E-state index contributed by atoms with van der Waals surface area (Å²) < 4.78 is 20.2. The molecule has 0 fully saturated rings. The lowest BCUT2D eigenvalue weighted by Crippen LogP contribution is -2.19. The van der Waals surface area contributed by atoms with Crippen LogP contribution in [0.1, 0.15) is 12.5 Å². The fourth-order valence-electron chi connectivity index (χ4n) is 3.03. The van der Waals surface area contributed by atoms with E-state index in [4.69, 9.17) is 4.52 Å². The molecule has 27 heavy (non-hydrogen) atoms. The second kappa shape index (κ2) is 6.35. The predicted octanol–water partition coefficient (Wildman–Crippen LogP) is 3.66. The summed E-state index contributed by atoms with van der Waals surface area (Å²) in [4.78, 5) is 17.0. The number of aryl methyl sites for hydroxylation is 2. The molecule has 0 aliphatic rings. The van der Waals surface area contributed by atoms with Crippen molar-refractivity contribution in [2.24, 2.45) is 7.05 Å². The average molecular weight is 365 g/mol. The van der Waals surface area contributed by atoms with Crippen LogP contribution < -0.4 is 5.56 Å². The Balaban J connectivity index is 1.88. The molecular formula is C20H16FN3O3. The number of aromatic hydroxyl groups is 1. The van der Waals surface area contributed by atoms with Crippen molar-refractivity contribution in [2.75, 3.05) is 0 Å². The second-order valence-corrected chi connectivity index (χ2v) is 6.22. The number of benzene rings is 2. The molecular weight excluding hydrogens is 349 g/mol. The zero-order valence-electron chi connectivity index (χ0n) is 14.7. The Morgan fingerprint density at radius 1 is 1.19 bits per heavy atom. The van der Waals surface area contributed by atoms with Crippen LogP contribution in [0.25, 0.3) is 33.7 Å². The SMILES string of the molecule is CCc1ccc(-c2noc(-c3c(O)c4cc(F)ccc4n(C)c3=O)n2)cc1. The topological polar surface area (TPSA) is 81.2 Å². The highest BCUT2D eigenvalue weighted by molar-refractivity contribution is 5.91. The van der Waals surface area contributed by atoms with E-state index in [0.29, 0.717) is 11.3 Å². The number of halogens is 1. The molecule has 1 N–H and O–H groups in total. The first-order valence-electron chi connectivity index (χ1n) is 8.44. The molecule has 4 aromatic rings. The minimum Gasteiger partial charge on any atom is -0.506 e. The molecule has 0 spiro atoms. The molecule has 0 atom stereocenters. The largest absolute Gasteiger partial charge is 0.506 e. The van der Waals surface area contributed by atoms with Gasteiger partial charge in [-0.2, -0.15) is 4.98 Å². The maximum Gasteiger partial charge on any atom is 0.267 e. The molecule has 0 amide bonds. The minimum absolute atomic E-state index is 0.117. The van der Waals surface area contributed by atoms with Crippen molar-refractivity contribution in [3.8, 4) is 28.6 Å². The highest BCUT2D eigenvalue weighted by Gasteiger charge is 2.22. The Morgan fingerprint density at radius 2 is 1.93 bits per heavy atom. The zero-order chi connectivity index (χ0) is 19.1. The van der Waals surface area contributed by atoms with Crippen molar-refractivity contribution in [2.45, 2.75) is 13.3 Å². The lowest BCUT2D eigenvalue weighted by Gasteiger charge is -2.09. The van der Waals surface area contributed by atoms with Crippen LogP contribution in [-0.2, 0) is 13.5 Å². The van der Waals surface area contributed by atoms with Crippen molar-refractivity contribution >= 4 is 10.9 Å². The van der Waals surface area contributed by atoms with E-state index in [2.05, 4.69) is 17.1 Å². The highest BCUT2D eigenvalue weighted by atomic mass is 19.1. The maximum atomic E-state index is 13.6. The van der Waals surface area contributed by atoms with Crippen molar-refractivity contribution in [3.63, 3.8) is 0 Å². The van der Waals surface area contributed by atoms with E-state index in [1.807, 2.05) is 24.3 Å². The molecule has 7 heteroatoms. The van der Waals surface area contributed by atoms with E-state index >= 15 is 0 Å². The summed E-state index contributed by atoms with van der Waals surface area (Å²) in [5.41, 5.74) is 1.64. The summed E-state index contributed by atoms with van der Waals surface area (Å²) in [5.74, 6) is -0.726. The molecule has 2 aromatic heterocycles. The standard InChI is InChI=1S/C20H16FN3O3/c1-3-11-4-6-12(7-5-11)18-22-19(27-23-18)16-17(25)14-10-13(21)8-9-15(14)24(2)20(16)26/h4-10,25H,3H2,1-2H3. The van der Waals surface area contributed by atoms with Gasteiger partial charge in [0.1, 0.15) is 17.1 Å². The summed E-state index contributed by atoms with van der Waals surface area (Å²) in [6.45, 7) is 2.06. The Hall–Kier alpha value is -3.48. The summed E-state index contributed by atoms with van der Waals surface area (Å²) >= 11 is 0. The molecule has 0 aliphatic heterocycles. The van der Waals surface area contributed by atoms with Gasteiger partial charge in [-0.1, -0.05) is 36.3 Å². The van der Waals surface area contributed by atoms with Crippen LogP contribution in [0.3, 0.4) is 0 Å². The molecule has 0 saturated heterocycles. The van der Waals surface area contributed by atoms with Crippen LogP contribution in [0.15, 0.2) is 51.8 Å². The van der Waals surface area contributed by atoms with Crippen molar-refractivity contribution in [1.29, 1.82) is 0 Å². The van der Waals surface area contributed by atoms with Gasteiger partial charge in [0.2, 0.25) is 5.82 Å². The summed E-state index contributed by atoms with van der Waals surface area (Å²) in [6.07, 6.45) is 0.912. The summed E-state index contributed by atoms with van der Waals surface area (Å²) in [6, 6.07) is 11.5. The predicted molar refractivity (Wildman–Crippen MR) is 98.9 cm³/mol. The van der Waals surface area contributed by atoms with Gasteiger partial charge in [0, 0.05) is 18.0 Å². The van der Waals surface area contributed by atoms with Gasteiger partial charge in [0.25, 0.3) is 11.4 Å². The fraction of sp³-hybridized carbons (Fsp3) is 0.150. The van der Waals surface area contributed by atoms with Crippen LogP contribution in [0.2, 0.25) is 0 Å². The van der Waals surface area contributed by atoms with Crippen LogP contribution in [0.4, 0.5) is 4.39 Å². The second-order valence-electron chi connectivity index (χ2n) is 6.22. The van der Waals surface area contributed by atoms with Crippen LogP contribution in [0, 0.1) is 5.82 Å². The number of pyridine rings is 1. The quantitative estimate of drug-likeness (QED) is 0.599. The van der Waals surface area contributed by atoms with Gasteiger partial charge >= 0.3 is 0 Å². The van der Waals surface area contributed by atoms with Gasteiger partial charge in [-0.05, 0) is 30.2 Å². The molecule has 2 aromatic carbocycles. The van der Waals surface area contributed by atoms with Gasteiger partial charge < -0.3 is 14.2 Å². The molecule has 2 heterocycles. The van der Waals surface area contributed by atoms with Crippen molar-refractivity contribution in [1.82, 2.24) is 14.7 Å². The lowest BCUT2D eigenvalue weighted by atomic mass is 10.1. The highest BCUT2D eigenvalue weighted by Crippen LogP contribution is 2.33. The number of hydrogen-bond acceptors (Lipinski definition) is 5. The maximum absolute atomic E-state index is 13.6. The monoisotopic (exact) mass is 365 g/mol. The van der Waals surface area contributed by atoms with E-state index < -0.39 is 11.4 Å². The lowest BCUT2D eigenvalue weighted by molar-refractivity contribution is 0.425. The van der Waals surface area contributed by atoms with E-state index in [9.17, 15) is 14.3 Å². The van der Waals surface area contributed by atoms with Gasteiger partial charge in [-0.3, -0.25) is 4.79 Å². The van der Waals surface area contributed by atoms with E-state index in [1.54, 1.807) is 0 Å². The normalized spacial score (nSPS) is 11.2. The van der Waals surface area contributed by atoms with E-state index in [1.165, 1.54) is 29.3 Å². The van der Waals surface area contributed by atoms with Crippen LogP contribution >= 0.6 is 0 Å². The van der Waals surface area contributed by atoms with Crippen LogP contribution in [0.5, 0.6) is 5.75 Å². The number of rotatable bonds is 3. The smallest absolute Gasteiger partial charge is 0.267 e. The van der Waals surface area contributed by atoms with Gasteiger partial charge in [0.05, 0.1) is 5.52 Å². The first-order valence-corrected chi connectivity index (χ1v) is 8.44.